The summed E-state index contributed by atoms with van der Waals surface area (Å²) in [6.45, 7) is 5.36. The Morgan fingerprint density at radius 1 is 1.05 bits per heavy atom. The molecule has 0 saturated heterocycles. The second kappa shape index (κ2) is 15.3. The number of aliphatic hydroxyl groups excluding tert-OH is 1. The Labute approximate surface area is 248 Å². The van der Waals surface area contributed by atoms with Crippen LogP contribution in [0.1, 0.15) is 59.8 Å². The number of carboxylic acid groups (broad SMARTS) is 1. The van der Waals surface area contributed by atoms with Crippen molar-refractivity contribution in [2.75, 3.05) is 17.2 Å². The smallest absolute Gasteiger partial charge is 0.412 e. The average molecular weight is 595 g/mol. The lowest BCUT2D eigenvalue weighted by molar-refractivity contribution is -0.136. The zero-order valence-corrected chi connectivity index (χ0v) is 24.1. The van der Waals surface area contributed by atoms with Gasteiger partial charge in [0.25, 0.3) is 5.91 Å². The minimum absolute atomic E-state index is 0.0184. The fourth-order valence-electron chi connectivity index (χ4n) is 4.20. The number of benzene rings is 3. The molecule has 0 aliphatic carbocycles. The Morgan fingerprint density at radius 2 is 1.77 bits per heavy atom. The van der Waals surface area contributed by atoms with Crippen molar-refractivity contribution in [3.8, 4) is 5.75 Å². The number of carbonyl (C=O) groups excluding carboxylic acids is 2. The fourth-order valence-corrected chi connectivity index (χ4v) is 4.20. The van der Waals surface area contributed by atoms with Crippen LogP contribution in [0.4, 0.5) is 20.6 Å². The third kappa shape index (κ3) is 9.54. The molecule has 0 spiro atoms. The number of nitrogens with one attached hydrogen (secondary N) is 4. The first kappa shape index (κ1) is 32.5. The van der Waals surface area contributed by atoms with Crippen molar-refractivity contribution in [2.24, 2.45) is 0 Å². The van der Waals surface area contributed by atoms with Crippen LogP contribution in [0, 0.1) is 11.2 Å². The van der Waals surface area contributed by atoms with Crippen molar-refractivity contribution in [3.05, 3.63) is 88.2 Å². The van der Waals surface area contributed by atoms with E-state index in [1.54, 1.807) is 19.1 Å². The topological polar surface area (TPSA) is 170 Å². The SMILES string of the molecule is CCOC(=O)NC(=N)c1ccc(NC(=O)c2cc(F)ccc2NCc2cc(CO)cc(OC(C)C)c2CCC(=O)O)cc1. The maximum Gasteiger partial charge on any atom is 0.412 e. The molecule has 3 aromatic carbocycles. The quantitative estimate of drug-likeness (QED) is 0.118. The van der Waals surface area contributed by atoms with E-state index in [0.717, 1.165) is 6.07 Å². The summed E-state index contributed by atoms with van der Waals surface area (Å²) in [5, 5.41) is 35.2. The number of ether oxygens (including phenoxy) is 2. The molecule has 228 valence electrons. The standard InChI is InChI=1S/C31H35FN4O7/c1-4-42-31(41)36-29(33)20-5-8-23(9-6-20)35-30(40)25-15-22(32)7-11-26(25)34-16-21-13-19(17-37)14-27(43-18(2)3)24(21)10-12-28(38)39/h5-9,11,13-15,18,34,37H,4,10,12,16-17H2,1-3H3,(H,35,40)(H,38,39)(H2,33,36,41). The lowest BCUT2D eigenvalue weighted by Gasteiger charge is -2.20. The number of hydrogen-bond acceptors (Lipinski definition) is 8. The normalized spacial score (nSPS) is 10.7. The average Bonchev–Trinajstić information content (AvgIpc) is 2.95. The highest BCUT2D eigenvalue weighted by molar-refractivity contribution is 6.08. The maximum atomic E-state index is 14.2. The van der Waals surface area contributed by atoms with Crippen LogP contribution in [0.2, 0.25) is 0 Å². The summed E-state index contributed by atoms with van der Waals surface area (Å²) >= 11 is 0. The number of anilines is 2. The molecule has 0 radical (unpaired) electrons. The highest BCUT2D eigenvalue weighted by Crippen LogP contribution is 2.29. The molecule has 43 heavy (non-hydrogen) atoms. The highest BCUT2D eigenvalue weighted by Gasteiger charge is 2.18. The molecule has 0 fully saturated rings. The van der Waals surface area contributed by atoms with E-state index in [1.165, 1.54) is 36.4 Å². The summed E-state index contributed by atoms with van der Waals surface area (Å²) in [5.41, 5.74) is 2.97. The number of hydrogen-bond donors (Lipinski definition) is 6. The second-order valence-electron chi connectivity index (χ2n) is 9.75. The number of alkyl carbamates (subject to hydrolysis) is 1. The third-order valence-electron chi connectivity index (χ3n) is 6.12. The lowest BCUT2D eigenvalue weighted by Crippen LogP contribution is -2.31. The summed E-state index contributed by atoms with van der Waals surface area (Å²) in [5.74, 6) is -1.91. The van der Waals surface area contributed by atoms with E-state index in [-0.39, 0.29) is 50.1 Å². The van der Waals surface area contributed by atoms with Crippen molar-refractivity contribution in [3.63, 3.8) is 0 Å². The molecule has 12 heteroatoms. The Bertz CT molecular complexity index is 1480. The molecule has 11 nitrogen and oxygen atoms in total. The number of aliphatic hydroxyl groups is 1. The Morgan fingerprint density at radius 3 is 2.40 bits per heavy atom. The minimum Gasteiger partial charge on any atom is -0.491 e. The molecule has 0 atom stereocenters. The van der Waals surface area contributed by atoms with Gasteiger partial charge in [0.05, 0.1) is 24.9 Å². The molecule has 0 bridgehead atoms. The van der Waals surface area contributed by atoms with Crippen LogP contribution in [-0.4, -0.2) is 46.7 Å². The van der Waals surface area contributed by atoms with Crippen LogP contribution in [0.3, 0.4) is 0 Å². The van der Waals surface area contributed by atoms with Crippen LogP contribution in [0.25, 0.3) is 0 Å². The number of carboxylic acids is 1. The predicted octanol–water partition coefficient (Wildman–Crippen LogP) is 5.06. The largest absolute Gasteiger partial charge is 0.491 e. The molecule has 3 rings (SSSR count). The van der Waals surface area contributed by atoms with E-state index >= 15 is 0 Å². The van der Waals surface area contributed by atoms with Crippen LogP contribution < -0.4 is 20.7 Å². The Balaban J connectivity index is 1.82. The Hall–Kier alpha value is -4.97. The van der Waals surface area contributed by atoms with Crippen LogP contribution >= 0.6 is 0 Å². The summed E-state index contributed by atoms with van der Waals surface area (Å²) < 4.78 is 24.9. The van der Waals surface area contributed by atoms with E-state index in [2.05, 4.69) is 16.0 Å². The number of halogens is 1. The molecule has 0 aromatic heterocycles. The molecule has 6 N–H and O–H groups in total. The van der Waals surface area contributed by atoms with Gasteiger partial charge >= 0.3 is 12.1 Å². The molecule has 0 unspecified atom stereocenters. The van der Waals surface area contributed by atoms with Gasteiger partial charge in [-0.05, 0) is 92.4 Å². The molecule has 0 aliphatic heterocycles. The number of rotatable bonds is 13. The van der Waals surface area contributed by atoms with Gasteiger partial charge in [0.15, 0.2) is 0 Å². The van der Waals surface area contributed by atoms with Crippen molar-refractivity contribution < 1.29 is 38.5 Å². The fraction of sp³-hybridized carbons (Fsp3) is 0.290. The van der Waals surface area contributed by atoms with Gasteiger partial charge in [0.1, 0.15) is 17.4 Å². The number of carbonyl (C=O) groups is 3. The monoisotopic (exact) mass is 594 g/mol. The van der Waals surface area contributed by atoms with Crippen LogP contribution in [-0.2, 0) is 29.1 Å². The van der Waals surface area contributed by atoms with Gasteiger partial charge in [-0.1, -0.05) is 6.07 Å². The Kier molecular flexibility index (Phi) is 11.6. The first-order valence-electron chi connectivity index (χ1n) is 13.6. The maximum absolute atomic E-state index is 14.2. The number of aliphatic carboxylic acids is 1. The van der Waals surface area contributed by atoms with Gasteiger partial charge in [-0.15, -0.1) is 0 Å². The predicted molar refractivity (Wildman–Crippen MR) is 159 cm³/mol. The molecular weight excluding hydrogens is 559 g/mol. The van der Waals surface area contributed by atoms with E-state index in [4.69, 9.17) is 14.9 Å². The van der Waals surface area contributed by atoms with Crippen LogP contribution in [0.15, 0.2) is 54.6 Å². The van der Waals surface area contributed by atoms with Crippen LogP contribution in [0.5, 0.6) is 5.75 Å². The first-order chi connectivity index (χ1) is 20.5. The summed E-state index contributed by atoms with van der Waals surface area (Å²) in [6, 6.07) is 13.3. The zero-order chi connectivity index (χ0) is 31.5. The third-order valence-corrected chi connectivity index (χ3v) is 6.12. The highest BCUT2D eigenvalue weighted by atomic mass is 19.1. The van der Waals surface area contributed by atoms with Gasteiger partial charge in [-0.25, -0.2) is 9.18 Å². The van der Waals surface area contributed by atoms with E-state index in [9.17, 15) is 29.0 Å². The zero-order valence-electron chi connectivity index (χ0n) is 24.1. The second-order valence-corrected chi connectivity index (χ2v) is 9.75. The number of amides is 2. The molecule has 0 saturated carbocycles. The van der Waals surface area contributed by atoms with Gasteiger partial charge in [0, 0.05) is 29.9 Å². The van der Waals surface area contributed by atoms with Gasteiger partial charge in [-0.3, -0.25) is 20.3 Å². The lowest BCUT2D eigenvalue weighted by atomic mass is 9.98. The molecule has 2 amide bonds. The van der Waals surface area contributed by atoms with E-state index < -0.39 is 23.8 Å². The number of amidine groups is 1. The van der Waals surface area contributed by atoms with Crippen molar-refractivity contribution in [1.29, 1.82) is 5.41 Å². The summed E-state index contributed by atoms with van der Waals surface area (Å²) in [4.78, 5) is 36.1. The summed E-state index contributed by atoms with van der Waals surface area (Å²) in [7, 11) is 0. The molecule has 0 heterocycles. The van der Waals surface area contributed by atoms with Gasteiger partial charge < -0.3 is 30.3 Å². The minimum atomic E-state index is -0.974. The van der Waals surface area contributed by atoms with Crippen molar-refractivity contribution in [2.45, 2.75) is 52.9 Å². The van der Waals surface area contributed by atoms with E-state index in [0.29, 0.717) is 39.4 Å². The van der Waals surface area contributed by atoms with Gasteiger partial charge in [0.2, 0.25) is 0 Å². The summed E-state index contributed by atoms with van der Waals surface area (Å²) in [6.07, 6.45) is -0.906. The van der Waals surface area contributed by atoms with E-state index in [1.807, 2.05) is 13.8 Å². The van der Waals surface area contributed by atoms with Crippen molar-refractivity contribution >= 4 is 35.2 Å². The van der Waals surface area contributed by atoms with Crippen molar-refractivity contribution in [1.82, 2.24) is 5.32 Å². The molecule has 0 aliphatic rings. The van der Waals surface area contributed by atoms with Gasteiger partial charge in [-0.2, -0.15) is 0 Å². The first-order valence-corrected chi connectivity index (χ1v) is 13.6. The molecular formula is C31H35FN4O7. The molecule has 3 aromatic rings.